The second-order valence-corrected chi connectivity index (χ2v) is 14.2. The third-order valence-corrected chi connectivity index (χ3v) is 10.3. The Morgan fingerprint density at radius 1 is 0.932 bits per heavy atom. The van der Waals surface area contributed by atoms with Crippen LogP contribution in [0.5, 0.6) is 17.2 Å². The molecule has 0 aliphatic rings. The Bertz CT molecular complexity index is 2590. The first-order valence-electron chi connectivity index (χ1n) is 19.3. The highest BCUT2D eigenvalue weighted by Gasteiger charge is 2.25. The maximum atomic E-state index is 13.4. The summed E-state index contributed by atoms with van der Waals surface area (Å²) in [5, 5.41) is 19.0. The van der Waals surface area contributed by atoms with E-state index in [1.165, 1.54) is 12.5 Å². The average Bonchev–Trinajstić information content (AvgIpc) is 3.85. The number of aromatic amines is 1. The molecule has 0 saturated carbocycles. The number of carboxylic acid groups (broad SMARTS) is 1. The quantitative estimate of drug-likeness (QED) is 0.0653. The lowest BCUT2D eigenvalue weighted by Gasteiger charge is -2.26. The third kappa shape index (κ3) is 9.13. The number of carboxylic acids is 1. The molecule has 302 valence electrons. The number of carbonyl (C=O) groups is 3. The Morgan fingerprint density at radius 3 is 2.36 bits per heavy atom. The molecule has 0 radical (unpaired) electrons. The SMILES string of the molecule is CCC(CN(CC)C(=O)CCC(=O)NCCOc1ccc(-c2cc3c(C(=O)O)c[nH]c3cc2Cl)cc1)n1nc(-c2ccc(Oc3ccccc3)cc2)c2c(N)ncnc21. The van der Waals surface area contributed by atoms with Crippen molar-refractivity contribution >= 4 is 57.1 Å². The summed E-state index contributed by atoms with van der Waals surface area (Å²) in [6.07, 6.45) is 3.58. The molecule has 4 aromatic carbocycles. The number of ether oxygens (including phenoxy) is 2. The highest BCUT2D eigenvalue weighted by atomic mass is 35.5. The van der Waals surface area contributed by atoms with Crippen LogP contribution in [0.25, 0.3) is 44.3 Å². The standard InChI is InChI=1S/C44H43ClN8O6/c1-3-29(53-43-40(42(46)49-26-50-43)41(51-53)28-12-16-32(17-13-28)59-31-8-6-5-7-9-31)25-52(4-2)39(55)19-18-38(54)47-20-21-58-30-14-10-27(11-15-30)33-22-34-35(44(56)57)24-48-37(34)23-36(33)45/h5-17,22-24,26,29,48H,3-4,18-21,25H2,1-2H3,(H,47,54)(H,56,57)(H2,46,49,50). The number of H-pyrrole nitrogens is 1. The summed E-state index contributed by atoms with van der Waals surface area (Å²) in [5.41, 5.74) is 10.7. The molecular formula is C44H43ClN8O6. The maximum absolute atomic E-state index is 13.4. The first-order valence-corrected chi connectivity index (χ1v) is 19.6. The Morgan fingerprint density at radius 2 is 1.64 bits per heavy atom. The van der Waals surface area contributed by atoms with Crippen LogP contribution in [0.1, 0.15) is 49.5 Å². The molecule has 0 spiro atoms. The number of anilines is 1. The number of aromatic nitrogens is 5. The Balaban J connectivity index is 0.916. The molecule has 0 bridgehead atoms. The van der Waals surface area contributed by atoms with Crippen LogP contribution in [-0.2, 0) is 9.59 Å². The van der Waals surface area contributed by atoms with Crippen molar-refractivity contribution < 1.29 is 29.0 Å². The minimum absolute atomic E-state index is 0.0270. The highest BCUT2D eigenvalue weighted by molar-refractivity contribution is 6.34. The number of hydrogen-bond donors (Lipinski definition) is 4. The van der Waals surface area contributed by atoms with Gasteiger partial charge < -0.3 is 35.5 Å². The molecule has 7 aromatic rings. The van der Waals surface area contributed by atoms with E-state index in [2.05, 4.69) is 20.3 Å². The summed E-state index contributed by atoms with van der Waals surface area (Å²) in [4.78, 5) is 51.2. The number of rotatable bonds is 17. The third-order valence-electron chi connectivity index (χ3n) is 10.0. The number of nitrogens with zero attached hydrogens (tertiary/aromatic N) is 5. The molecule has 59 heavy (non-hydrogen) atoms. The number of fused-ring (bicyclic) bond motifs is 2. The second-order valence-electron chi connectivity index (χ2n) is 13.8. The number of likely N-dealkylation sites (N-methyl/N-ethyl adjacent to an activating group) is 1. The minimum atomic E-state index is -1.03. The van der Waals surface area contributed by atoms with Gasteiger partial charge in [-0.25, -0.2) is 19.4 Å². The zero-order chi connectivity index (χ0) is 41.5. The number of nitrogens with one attached hydrogen (secondary N) is 2. The molecule has 15 heteroatoms. The summed E-state index contributed by atoms with van der Waals surface area (Å²) in [7, 11) is 0. The van der Waals surface area contributed by atoms with Gasteiger partial charge in [0.05, 0.1) is 28.6 Å². The van der Waals surface area contributed by atoms with Gasteiger partial charge in [0.1, 0.15) is 41.7 Å². The first kappa shape index (κ1) is 40.3. The van der Waals surface area contributed by atoms with Crippen molar-refractivity contribution in [2.45, 2.75) is 39.2 Å². The van der Waals surface area contributed by atoms with Gasteiger partial charge in [0.15, 0.2) is 5.65 Å². The van der Waals surface area contributed by atoms with Gasteiger partial charge in [0, 0.05) is 54.2 Å². The lowest BCUT2D eigenvalue weighted by atomic mass is 10.0. The van der Waals surface area contributed by atoms with Crippen molar-refractivity contribution in [3.05, 3.63) is 114 Å². The van der Waals surface area contributed by atoms with Gasteiger partial charge >= 0.3 is 5.97 Å². The summed E-state index contributed by atoms with van der Waals surface area (Å²) >= 11 is 6.51. The molecule has 3 aromatic heterocycles. The molecule has 0 fully saturated rings. The summed E-state index contributed by atoms with van der Waals surface area (Å²) in [6, 6.07) is 27.6. The van der Waals surface area contributed by atoms with Crippen LogP contribution >= 0.6 is 11.6 Å². The zero-order valence-corrected chi connectivity index (χ0v) is 33.3. The maximum Gasteiger partial charge on any atom is 0.337 e. The van der Waals surface area contributed by atoms with Crippen LogP contribution in [-0.4, -0.2) is 78.8 Å². The largest absolute Gasteiger partial charge is 0.492 e. The Hall–Kier alpha value is -6.93. The molecule has 3 heterocycles. The molecule has 0 saturated heterocycles. The van der Waals surface area contributed by atoms with Crippen LogP contribution in [0.2, 0.25) is 5.02 Å². The number of amides is 2. The number of aromatic carboxylic acids is 1. The highest BCUT2D eigenvalue weighted by Crippen LogP contribution is 2.36. The van der Waals surface area contributed by atoms with Crippen molar-refractivity contribution in [2.24, 2.45) is 0 Å². The molecule has 1 atom stereocenters. The number of benzene rings is 4. The Kier molecular flexibility index (Phi) is 12.4. The number of nitrogens with two attached hydrogens (primary N) is 1. The first-order chi connectivity index (χ1) is 28.6. The van der Waals surface area contributed by atoms with E-state index in [0.717, 1.165) is 16.9 Å². The van der Waals surface area contributed by atoms with E-state index in [1.54, 1.807) is 29.2 Å². The fraction of sp³-hybridized carbons (Fsp3) is 0.227. The monoisotopic (exact) mass is 814 g/mol. The van der Waals surface area contributed by atoms with Crippen LogP contribution in [0, 0.1) is 0 Å². The number of para-hydroxylation sites is 1. The lowest BCUT2D eigenvalue weighted by Crippen LogP contribution is -2.37. The molecule has 0 aliphatic heterocycles. The normalized spacial score (nSPS) is 11.7. The van der Waals surface area contributed by atoms with Crippen molar-refractivity contribution in [2.75, 3.05) is 32.0 Å². The van der Waals surface area contributed by atoms with Gasteiger partial charge in [-0.15, -0.1) is 0 Å². The van der Waals surface area contributed by atoms with Crippen LogP contribution < -0.4 is 20.5 Å². The van der Waals surface area contributed by atoms with E-state index in [0.29, 0.717) is 75.0 Å². The lowest BCUT2D eigenvalue weighted by molar-refractivity contribution is -0.134. The molecule has 5 N–H and O–H groups in total. The smallest absolute Gasteiger partial charge is 0.337 e. The predicted octanol–water partition coefficient (Wildman–Crippen LogP) is 8.14. The predicted molar refractivity (Wildman–Crippen MR) is 227 cm³/mol. The van der Waals surface area contributed by atoms with Crippen LogP contribution in [0.3, 0.4) is 0 Å². The van der Waals surface area contributed by atoms with E-state index in [4.69, 9.17) is 31.9 Å². The van der Waals surface area contributed by atoms with Gasteiger partial charge in [0.25, 0.3) is 0 Å². The molecular weight excluding hydrogens is 772 g/mol. The van der Waals surface area contributed by atoms with E-state index >= 15 is 0 Å². The Labute approximate surface area is 344 Å². The van der Waals surface area contributed by atoms with Crippen LogP contribution in [0.15, 0.2) is 104 Å². The number of hydrogen-bond acceptors (Lipinski definition) is 9. The number of halogens is 1. The van der Waals surface area contributed by atoms with Gasteiger partial charge in [-0.2, -0.15) is 5.10 Å². The fourth-order valence-corrected chi connectivity index (χ4v) is 7.17. The molecule has 2 amide bonds. The molecule has 14 nitrogen and oxygen atoms in total. The zero-order valence-electron chi connectivity index (χ0n) is 32.5. The second kappa shape index (κ2) is 18.1. The topological polar surface area (TPSA) is 191 Å². The fourth-order valence-electron chi connectivity index (χ4n) is 6.90. The number of nitrogen functional groups attached to an aromatic ring is 1. The summed E-state index contributed by atoms with van der Waals surface area (Å²) < 4.78 is 13.6. The van der Waals surface area contributed by atoms with Gasteiger partial charge in [-0.05, 0) is 79.6 Å². The van der Waals surface area contributed by atoms with Crippen LogP contribution in [0.4, 0.5) is 5.82 Å². The van der Waals surface area contributed by atoms with E-state index in [-0.39, 0.29) is 49.4 Å². The molecule has 1 unspecified atom stereocenters. The van der Waals surface area contributed by atoms with Gasteiger partial charge in [-0.3, -0.25) is 9.59 Å². The van der Waals surface area contributed by atoms with Crippen molar-refractivity contribution in [1.29, 1.82) is 0 Å². The number of carbonyl (C=O) groups excluding carboxylic acids is 2. The average molecular weight is 815 g/mol. The van der Waals surface area contributed by atoms with E-state index in [1.807, 2.05) is 85.3 Å². The van der Waals surface area contributed by atoms with Crippen molar-refractivity contribution in [3.8, 4) is 39.6 Å². The summed E-state index contributed by atoms with van der Waals surface area (Å²) in [6.45, 7) is 5.21. The van der Waals surface area contributed by atoms with E-state index < -0.39 is 5.97 Å². The van der Waals surface area contributed by atoms with Crippen molar-refractivity contribution in [3.63, 3.8) is 0 Å². The molecule has 0 aliphatic carbocycles. The van der Waals surface area contributed by atoms with E-state index in [9.17, 15) is 19.5 Å². The molecule has 7 rings (SSSR count). The summed E-state index contributed by atoms with van der Waals surface area (Å²) in [5.74, 6) is 0.871. The van der Waals surface area contributed by atoms with Gasteiger partial charge in [0.2, 0.25) is 11.8 Å². The van der Waals surface area contributed by atoms with Gasteiger partial charge in [-0.1, -0.05) is 48.9 Å². The minimum Gasteiger partial charge on any atom is -0.492 e. The van der Waals surface area contributed by atoms with Crippen molar-refractivity contribution in [1.82, 2.24) is 34.9 Å².